The van der Waals surface area contributed by atoms with Crippen LogP contribution in [0.4, 0.5) is 16.2 Å². The highest BCUT2D eigenvalue weighted by Gasteiger charge is 2.28. The Balaban J connectivity index is 0.000000169. The minimum absolute atomic E-state index is 0.146. The Kier molecular flexibility index (Phi) is 6.26. The molecule has 5 heteroatoms. The Morgan fingerprint density at radius 1 is 0.828 bits per heavy atom. The summed E-state index contributed by atoms with van der Waals surface area (Å²) in [5, 5.41) is 0. The Morgan fingerprint density at radius 2 is 1.38 bits per heavy atom. The second-order valence-corrected chi connectivity index (χ2v) is 8.41. The highest BCUT2D eigenvalue weighted by Crippen LogP contribution is 2.29. The summed E-state index contributed by atoms with van der Waals surface area (Å²) >= 11 is 0. The van der Waals surface area contributed by atoms with Crippen LogP contribution in [0.2, 0.25) is 0 Å². The molecule has 0 aliphatic carbocycles. The molecule has 2 amide bonds. The number of benzene rings is 2. The van der Waals surface area contributed by atoms with E-state index in [0.717, 1.165) is 37.2 Å². The van der Waals surface area contributed by atoms with Crippen molar-refractivity contribution in [1.82, 2.24) is 0 Å². The van der Waals surface area contributed by atoms with Gasteiger partial charge >= 0.3 is 6.09 Å². The van der Waals surface area contributed by atoms with Crippen LogP contribution in [0.5, 0.6) is 0 Å². The van der Waals surface area contributed by atoms with E-state index >= 15 is 0 Å². The van der Waals surface area contributed by atoms with Crippen LogP contribution in [0.3, 0.4) is 0 Å². The first-order valence-corrected chi connectivity index (χ1v) is 10.2. The van der Waals surface area contributed by atoms with Gasteiger partial charge in [-0.2, -0.15) is 0 Å². The third-order valence-electron chi connectivity index (χ3n) is 4.99. The van der Waals surface area contributed by atoms with Gasteiger partial charge in [0.15, 0.2) is 0 Å². The van der Waals surface area contributed by atoms with Crippen molar-refractivity contribution in [3.05, 3.63) is 59.7 Å². The molecule has 0 spiro atoms. The third-order valence-corrected chi connectivity index (χ3v) is 4.99. The van der Waals surface area contributed by atoms with Crippen LogP contribution in [0.1, 0.15) is 45.2 Å². The van der Waals surface area contributed by atoms with Gasteiger partial charge < -0.3 is 9.64 Å². The average molecular weight is 395 g/mol. The zero-order chi connectivity index (χ0) is 21.0. The number of aryl methyl sites for hydroxylation is 1. The van der Waals surface area contributed by atoms with Crippen LogP contribution in [-0.4, -0.2) is 30.7 Å². The van der Waals surface area contributed by atoms with E-state index in [1.807, 2.05) is 62.1 Å². The highest BCUT2D eigenvalue weighted by atomic mass is 16.6. The van der Waals surface area contributed by atoms with Crippen molar-refractivity contribution in [3.8, 4) is 0 Å². The van der Waals surface area contributed by atoms with E-state index in [-0.39, 0.29) is 12.0 Å². The molecule has 0 unspecified atom stereocenters. The summed E-state index contributed by atoms with van der Waals surface area (Å²) < 4.78 is 5.37. The predicted octanol–water partition coefficient (Wildman–Crippen LogP) is 4.97. The molecule has 0 atom stereocenters. The van der Waals surface area contributed by atoms with E-state index in [1.54, 1.807) is 11.8 Å². The first-order valence-electron chi connectivity index (χ1n) is 10.2. The third kappa shape index (κ3) is 5.17. The van der Waals surface area contributed by atoms with Crippen LogP contribution in [0.25, 0.3) is 0 Å². The average Bonchev–Trinajstić information content (AvgIpc) is 3.11. The fourth-order valence-corrected chi connectivity index (χ4v) is 3.71. The molecule has 5 nitrogen and oxygen atoms in total. The number of hydrogen-bond acceptors (Lipinski definition) is 3. The van der Waals surface area contributed by atoms with Crippen molar-refractivity contribution in [2.24, 2.45) is 0 Å². The number of ether oxygens (including phenoxy) is 1. The smallest absolute Gasteiger partial charge is 0.414 e. The molecule has 154 valence electrons. The fourth-order valence-electron chi connectivity index (χ4n) is 3.71. The standard InChI is InChI=1S/C13H17NO2.C11H13NO/c1-13(2,3)16-12(15)14-9-8-10-6-4-5-7-11(10)14;1-9(13)12-8-4-6-10-5-2-3-7-11(10)12/h4-7H,8-9H2,1-3H3;2-3,5,7H,4,6,8H2,1H3. The van der Waals surface area contributed by atoms with Gasteiger partial charge in [-0.05, 0) is 63.3 Å². The molecule has 29 heavy (non-hydrogen) atoms. The van der Waals surface area contributed by atoms with Crippen LogP contribution in [0, 0.1) is 0 Å². The van der Waals surface area contributed by atoms with Gasteiger partial charge in [-0.3, -0.25) is 9.69 Å². The lowest BCUT2D eigenvalue weighted by molar-refractivity contribution is -0.116. The van der Waals surface area contributed by atoms with Crippen LogP contribution in [0.15, 0.2) is 48.5 Å². The highest BCUT2D eigenvalue weighted by molar-refractivity contribution is 5.92. The number of rotatable bonds is 0. The molecule has 2 aliphatic heterocycles. The van der Waals surface area contributed by atoms with E-state index in [0.29, 0.717) is 6.54 Å². The number of hydrogen-bond donors (Lipinski definition) is 0. The van der Waals surface area contributed by atoms with E-state index in [2.05, 4.69) is 12.1 Å². The van der Waals surface area contributed by atoms with Gasteiger partial charge in [-0.1, -0.05) is 36.4 Å². The van der Waals surface area contributed by atoms with E-state index in [9.17, 15) is 9.59 Å². The quantitative estimate of drug-likeness (QED) is 0.634. The van der Waals surface area contributed by atoms with Gasteiger partial charge in [0, 0.05) is 25.7 Å². The Morgan fingerprint density at radius 3 is 1.97 bits per heavy atom. The Bertz CT molecular complexity index is 886. The fraction of sp³-hybridized carbons (Fsp3) is 0.417. The van der Waals surface area contributed by atoms with Gasteiger partial charge in [0.25, 0.3) is 0 Å². The lowest BCUT2D eigenvalue weighted by Gasteiger charge is -2.28. The lowest BCUT2D eigenvalue weighted by atomic mass is 10.0. The maximum atomic E-state index is 11.9. The summed E-state index contributed by atoms with van der Waals surface area (Å²) in [4.78, 5) is 26.8. The number of anilines is 2. The minimum Gasteiger partial charge on any atom is -0.443 e. The first-order chi connectivity index (χ1) is 13.8. The largest absolute Gasteiger partial charge is 0.443 e. The van der Waals surface area contributed by atoms with Crippen molar-refractivity contribution in [2.45, 2.75) is 52.6 Å². The van der Waals surface area contributed by atoms with Crippen LogP contribution in [-0.2, 0) is 22.4 Å². The summed E-state index contributed by atoms with van der Waals surface area (Å²) in [6.45, 7) is 8.86. The SMILES string of the molecule is CC(=O)N1CCCc2ccccc21.CC(C)(C)OC(=O)N1CCc2ccccc21. The molecule has 2 aromatic carbocycles. The zero-order valence-corrected chi connectivity index (χ0v) is 17.8. The lowest BCUT2D eigenvalue weighted by Crippen LogP contribution is -2.35. The second-order valence-electron chi connectivity index (χ2n) is 8.41. The normalized spacial score (nSPS) is 15.0. The number of carbonyl (C=O) groups is 2. The Labute approximate surface area is 173 Å². The molecule has 2 aliphatic rings. The number of carbonyl (C=O) groups excluding carboxylic acids is 2. The molecule has 0 aromatic heterocycles. The van der Waals surface area contributed by atoms with Crippen molar-refractivity contribution in [2.75, 3.05) is 22.9 Å². The summed E-state index contributed by atoms with van der Waals surface area (Å²) in [5.74, 6) is 0.146. The summed E-state index contributed by atoms with van der Waals surface area (Å²) in [5.41, 5.74) is 4.16. The van der Waals surface area contributed by atoms with E-state index in [4.69, 9.17) is 4.74 Å². The number of para-hydroxylation sites is 2. The molecule has 2 heterocycles. The topological polar surface area (TPSA) is 49.9 Å². The van der Waals surface area contributed by atoms with Gasteiger partial charge in [-0.15, -0.1) is 0 Å². The van der Waals surface area contributed by atoms with Crippen molar-refractivity contribution >= 4 is 23.4 Å². The number of amides is 2. The van der Waals surface area contributed by atoms with Crippen molar-refractivity contribution < 1.29 is 14.3 Å². The van der Waals surface area contributed by atoms with Crippen molar-refractivity contribution in [1.29, 1.82) is 0 Å². The van der Waals surface area contributed by atoms with Crippen LogP contribution < -0.4 is 9.80 Å². The minimum atomic E-state index is -0.436. The zero-order valence-electron chi connectivity index (χ0n) is 17.8. The maximum absolute atomic E-state index is 11.9. The van der Waals surface area contributed by atoms with Gasteiger partial charge in [0.1, 0.15) is 5.60 Å². The first kappa shape index (κ1) is 20.9. The predicted molar refractivity (Wildman–Crippen MR) is 117 cm³/mol. The Hall–Kier alpha value is -2.82. The molecule has 0 N–H and O–H groups in total. The van der Waals surface area contributed by atoms with Gasteiger partial charge in [-0.25, -0.2) is 4.79 Å². The molecular weight excluding hydrogens is 364 g/mol. The summed E-state index contributed by atoms with van der Waals surface area (Å²) in [7, 11) is 0. The summed E-state index contributed by atoms with van der Waals surface area (Å²) in [6.07, 6.45) is 2.84. The van der Waals surface area contributed by atoms with Crippen LogP contribution >= 0.6 is 0 Å². The van der Waals surface area contributed by atoms with Gasteiger partial charge in [0.2, 0.25) is 5.91 Å². The molecule has 0 saturated carbocycles. The monoisotopic (exact) mass is 394 g/mol. The summed E-state index contributed by atoms with van der Waals surface area (Å²) in [6, 6.07) is 16.1. The van der Waals surface area contributed by atoms with Gasteiger partial charge in [0.05, 0.1) is 5.69 Å². The van der Waals surface area contributed by atoms with Crippen molar-refractivity contribution in [3.63, 3.8) is 0 Å². The number of fused-ring (bicyclic) bond motifs is 2. The molecule has 0 fully saturated rings. The molecule has 0 radical (unpaired) electrons. The molecular formula is C24H30N2O3. The van der Waals surface area contributed by atoms with E-state index in [1.165, 1.54) is 11.1 Å². The van der Waals surface area contributed by atoms with E-state index < -0.39 is 5.60 Å². The molecule has 2 aromatic rings. The second kappa shape index (κ2) is 8.68. The number of nitrogens with zero attached hydrogens (tertiary/aromatic N) is 2. The maximum Gasteiger partial charge on any atom is 0.414 e. The molecule has 4 rings (SSSR count). The molecule has 0 saturated heterocycles. The molecule has 0 bridgehead atoms.